The highest BCUT2D eigenvalue weighted by molar-refractivity contribution is 7.16. The molecule has 28 heavy (non-hydrogen) atoms. The lowest BCUT2D eigenvalue weighted by Gasteiger charge is -2.04. The van der Waals surface area contributed by atoms with E-state index in [9.17, 15) is 9.59 Å². The van der Waals surface area contributed by atoms with Gasteiger partial charge in [-0.15, -0.1) is 0 Å². The topological polar surface area (TPSA) is 64.6 Å². The number of fused-ring (bicyclic) bond motifs is 2. The van der Waals surface area contributed by atoms with Gasteiger partial charge in [-0.25, -0.2) is 4.79 Å². The first kappa shape index (κ1) is 18.4. The monoisotopic (exact) mass is 392 g/mol. The van der Waals surface area contributed by atoms with E-state index in [0.29, 0.717) is 15.8 Å². The summed E-state index contributed by atoms with van der Waals surface area (Å²) in [7, 11) is 0. The SMILES string of the molecule is CCCn1c(=NC(=O)c2cc3ccccc3oc2=O)sc2c(C)cc(C)cc21. The molecule has 142 valence electrons. The fraction of sp³-hybridized carbons (Fsp3) is 0.227. The molecule has 0 unspecified atom stereocenters. The summed E-state index contributed by atoms with van der Waals surface area (Å²) in [5.74, 6) is -0.578. The zero-order valence-electron chi connectivity index (χ0n) is 16.0. The molecule has 2 aromatic carbocycles. The molecule has 2 aromatic heterocycles. The van der Waals surface area contributed by atoms with Crippen molar-refractivity contribution in [3.63, 3.8) is 0 Å². The van der Waals surface area contributed by atoms with Crippen molar-refractivity contribution in [3.05, 3.63) is 74.4 Å². The smallest absolute Gasteiger partial charge is 0.349 e. The Labute approximate surface area is 165 Å². The van der Waals surface area contributed by atoms with E-state index in [1.165, 1.54) is 16.9 Å². The molecule has 0 atom stereocenters. The van der Waals surface area contributed by atoms with Gasteiger partial charge in [-0.05, 0) is 49.6 Å². The lowest BCUT2D eigenvalue weighted by atomic mass is 10.1. The van der Waals surface area contributed by atoms with Crippen molar-refractivity contribution in [1.29, 1.82) is 0 Å². The Morgan fingerprint density at radius 1 is 1.18 bits per heavy atom. The van der Waals surface area contributed by atoms with Crippen molar-refractivity contribution in [1.82, 2.24) is 4.57 Å². The Bertz CT molecular complexity index is 1340. The lowest BCUT2D eigenvalue weighted by molar-refractivity contribution is 0.0994. The number of amides is 1. The number of benzene rings is 2. The first-order valence-electron chi connectivity index (χ1n) is 9.20. The molecule has 0 saturated heterocycles. The van der Waals surface area contributed by atoms with E-state index in [1.54, 1.807) is 24.3 Å². The number of thiazole rings is 1. The van der Waals surface area contributed by atoms with Crippen LogP contribution in [0.2, 0.25) is 0 Å². The summed E-state index contributed by atoms with van der Waals surface area (Å²) < 4.78 is 8.45. The molecule has 0 aliphatic heterocycles. The number of para-hydroxylation sites is 1. The molecule has 0 saturated carbocycles. The summed E-state index contributed by atoms with van der Waals surface area (Å²) in [5.41, 5.74) is 3.14. The van der Waals surface area contributed by atoms with Crippen LogP contribution in [0.1, 0.15) is 34.8 Å². The summed E-state index contributed by atoms with van der Waals surface area (Å²) in [6.07, 6.45) is 0.915. The van der Waals surface area contributed by atoms with Crippen LogP contribution in [0.4, 0.5) is 0 Å². The maximum absolute atomic E-state index is 12.8. The molecule has 0 spiro atoms. The quantitative estimate of drug-likeness (QED) is 0.480. The average molecular weight is 392 g/mol. The molecule has 0 radical (unpaired) electrons. The molecule has 0 bridgehead atoms. The number of nitrogens with zero attached hydrogens (tertiary/aromatic N) is 2. The van der Waals surface area contributed by atoms with Crippen LogP contribution in [-0.4, -0.2) is 10.5 Å². The van der Waals surface area contributed by atoms with Gasteiger partial charge >= 0.3 is 5.63 Å². The third kappa shape index (κ3) is 3.20. The van der Waals surface area contributed by atoms with Gasteiger partial charge in [0.15, 0.2) is 4.80 Å². The Morgan fingerprint density at radius 3 is 2.75 bits per heavy atom. The van der Waals surface area contributed by atoms with Gasteiger partial charge in [-0.3, -0.25) is 4.79 Å². The number of rotatable bonds is 3. The van der Waals surface area contributed by atoms with Crippen molar-refractivity contribution in [3.8, 4) is 0 Å². The van der Waals surface area contributed by atoms with Gasteiger partial charge in [0.05, 0.1) is 10.2 Å². The molecule has 0 fully saturated rings. The molecular formula is C22H20N2O3S. The molecule has 1 amide bonds. The van der Waals surface area contributed by atoms with Gasteiger partial charge in [0, 0.05) is 11.9 Å². The average Bonchev–Trinajstić information content (AvgIpc) is 2.99. The Balaban J connectivity index is 1.91. The summed E-state index contributed by atoms with van der Waals surface area (Å²) in [4.78, 5) is 30.0. The first-order chi connectivity index (χ1) is 13.5. The predicted molar refractivity (Wildman–Crippen MR) is 112 cm³/mol. The Hall–Kier alpha value is -2.99. The highest BCUT2D eigenvalue weighted by Crippen LogP contribution is 2.24. The summed E-state index contributed by atoms with van der Waals surface area (Å²) >= 11 is 1.47. The third-order valence-electron chi connectivity index (χ3n) is 4.63. The number of hydrogen-bond acceptors (Lipinski definition) is 4. The van der Waals surface area contributed by atoms with Crippen molar-refractivity contribution >= 4 is 38.4 Å². The molecule has 0 aliphatic rings. The van der Waals surface area contributed by atoms with E-state index >= 15 is 0 Å². The van der Waals surface area contributed by atoms with E-state index in [2.05, 4.69) is 42.5 Å². The van der Waals surface area contributed by atoms with E-state index in [-0.39, 0.29) is 5.56 Å². The lowest BCUT2D eigenvalue weighted by Crippen LogP contribution is -2.19. The number of aryl methyl sites for hydroxylation is 3. The van der Waals surface area contributed by atoms with Crippen LogP contribution >= 0.6 is 11.3 Å². The van der Waals surface area contributed by atoms with Gasteiger partial charge in [-0.1, -0.05) is 42.5 Å². The van der Waals surface area contributed by atoms with E-state index in [1.807, 2.05) is 6.07 Å². The van der Waals surface area contributed by atoms with Crippen LogP contribution in [0.3, 0.4) is 0 Å². The zero-order valence-corrected chi connectivity index (χ0v) is 16.8. The van der Waals surface area contributed by atoms with Crippen molar-refractivity contribution in [2.75, 3.05) is 0 Å². The molecular weight excluding hydrogens is 372 g/mol. The van der Waals surface area contributed by atoms with Crippen molar-refractivity contribution in [2.45, 2.75) is 33.7 Å². The maximum atomic E-state index is 12.8. The first-order valence-corrected chi connectivity index (χ1v) is 10.0. The number of carbonyl (C=O) groups is 1. The zero-order chi connectivity index (χ0) is 19.8. The molecule has 4 aromatic rings. The molecule has 4 rings (SSSR count). The van der Waals surface area contributed by atoms with Gasteiger partial charge < -0.3 is 8.98 Å². The summed E-state index contributed by atoms with van der Waals surface area (Å²) in [5, 5.41) is 0.699. The summed E-state index contributed by atoms with van der Waals surface area (Å²) in [6.45, 7) is 6.96. The number of carbonyl (C=O) groups excluding carboxylic acids is 1. The Kier molecular flexibility index (Phi) is 4.73. The number of hydrogen-bond donors (Lipinski definition) is 0. The van der Waals surface area contributed by atoms with Crippen LogP contribution in [0.5, 0.6) is 0 Å². The van der Waals surface area contributed by atoms with Crippen molar-refractivity contribution < 1.29 is 9.21 Å². The third-order valence-corrected chi connectivity index (χ3v) is 5.86. The second-order valence-electron chi connectivity index (χ2n) is 6.87. The van der Waals surface area contributed by atoms with Crippen LogP contribution in [0, 0.1) is 13.8 Å². The minimum absolute atomic E-state index is 0.0490. The second-order valence-corrected chi connectivity index (χ2v) is 7.85. The molecule has 0 N–H and O–H groups in total. The standard InChI is InChI=1S/C22H20N2O3S/c1-4-9-24-17-11-13(2)10-14(3)19(17)28-22(24)23-20(25)16-12-15-7-5-6-8-18(15)27-21(16)26/h5-8,10-12H,4,9H2,1-3H3. The number of aromatic nitrogens is 1. The highest BCUT2D eigenvalue weighted by atomic mass is 32.1. The fourth-order valence-corrected chi connectivity index (χ4v) is 4.50. The van der Waals surface area contributed by atoms with E-state index in [0.717, 1.165) is 28.7 Å². The highest BCUT2D eigenvalue weighted by Gasteiger charge is 2.15. The molecule has 6 heteroatoms. The summed E-state index contributed by atoms with van der Waals surface area (Å²) in [6, 6.07) is 12.9. The molecule has 2 heterocycles. The van der Waals surface area contributed by atoms with Gasteiger partial charge in [-0.2, -0.15) is 4.99 Å². The van der Waals surface area contributed by atoms with Crippen LogP contribution < -0.4 is 10.4 Å². The minimum Gasteiger partial charge on any atom is -0.422 e. The van der Waals surface area contributed by atoms with E-state index in [4.69, 9.17) is 4.42 Å². The Morgan fingerprint density at radius 2 is 1.96 bits per heavy atom. The molecule has 5 nitrogen and oxygen atoms in total. The molecule has 0 aliphatic carbocycles. The van der Waals surface area contributed by atoms with Gasteiger partial charge in [0.2, 0.25) is 0 Å². The predicted octanol–water partition coefficient (Wildman–Crippen LogP) is 4.58. The van der Waals surface area contributed by atoms with E-state index < -0.39 is 11.5 Å². The maximum Gasteiger partial charge on any atom is 0.349 e. The van der Waals surface area contributed by atoms with Gasteiger partial charge in [0.25, 0.3) is 5.91 Å². The van der Waals surface area contributed by atoms with Crippen LogP contribution in [0.25, 0.3) is 21.2 Å². The minimum atomic E-state index is -0.664. The van der Waals surface area contributed by atoms with Crippen LogP contribution in [-0.2, 0) is 6.54 Å². The normalized spacial score (nSPS) is 12.2. The fourth-order valence-electron chi connectivity index (χ4n) is 3.40. The van der Waals surface area contributed by atoms with Gasteiger partial charge in [0.1, 0.15) is 11.1 Å². The largest absolute Gasteiger partial charge is 0.422 e. The van der Waals surface area contributed by atoms with Crippen LogP contribution in [0.15, 0.2) is 56.7 Å². The second kappa shape index (κ2) is 7.20. The van der Waals surface area contributed by atoms with Crippen molar-refractivity contribution in [2.24, 2.45) is 4.99 Å².